The molecule has 7 heteroatoms. The molecule has 0 unspecified atom stereocenters. The number of hydrogen-bond acceptors (Lipinski definition) is 5. The standard InChI is InChI=1S/C14H11F2N5/c1-18-12-7-5-6-10(19-13(7)21-14(17)20-12)11-8(15)3-2-4-9(11)16/h2-6H,1H3,(H3,17,18,19,20,21). The van der Waals surface area contributed by atoms with Crippen molar-refractivity contribution in [2.45, 2.75) is 0 Å². The second-order valence-electron chi connectivity index (χ2n) is 4.34. The number of nitrogen functional groups attached to an aromatic ring is 1. The zero-order valence-corrected chi connectivity index (χ0v) is 11.1. The summed E-state index contributed by atoms with van der Waals surface area (Å²) < 4.78 is 27.6. The molecule has 2 heterocycles. The molecule has 0 saturated carbocycles. The molecular formula is C14H11F2N5. The van der Waals surface area contributed by atoms with Crippen molar-refractivity contribution < 1.29 is 8.78 Å². The predicted octanol–water partition coefficient (Wildman–Crippen LogP) is 2.59. The topological polar surface area (TPSA) is 76.7 Å². The fourth-order valence-corrected chi connectivity index (χ4v) is 2.10. The van der Waals surface area contributed by atoms with Gasteiger partial charge in [-0.3, -0.25) is 0 Å². The summed E-state index contributed by atoms with van der Waals surface area (Å²) in [4.78, 5) is 12.2. The minimum atomic E-state index is -0.683. The average Bonchev–Trinajstić information content (AvgIpc) is 2.45. The van der Waals surface area contributed by atoms with Crippen LogP contribution in [0.15, 0.2) is 30.3 Å². The van der Waals surface area contributed by atoms with Gasteiger partial charge < -0.3 is 11.1 Å². The van der Waals surface area contributed by atoms with Gasteiger partial charge in [0, 0.05) is 7.05 Å². The second kappa shape index (κ2) is 4.93. The van der Waals surface area contributed by atoms with E-state index in [1.165, 1.54) is 24.3 Å². The minimum Gasteiger partial charge on any atom is -0.372 e. The normalized spacial score (nSPS) is 10.8. The van der Waals surface area contributed by atoms with Crippen molar-refractivity contribution in [2.24, 2.45) is 0 Å². The third kappa shape index (κ3) is 2.22. The summed E-state index contributed by atoms with van der Waals surface area (Å²) in [5.41, 5.74) is 5.83. The van der Waals surface area contributed by atoms with Gasteiger partial charge in [-0.1, -0.05) is 6.07 Å². The molecule has 0 aliphatic carbocycles. The zero-order valence-electron chi connectivity index (χ0n) is 11.1. The van der Waals surface area contributed by atoms with Crippen LogP contribution in [0.4, 0.5) is 20.5 Å². The largest absolute Gasteiger partial charge is 0.372 e. The molecule has 2 aromatic heterocycles. The Balaban J connectivity index is 2.27. The number of benzene rings is 1. The molecule has 21 heavy (non-hydrogen) atoms. The van der Waals surface area contributed by atoms with Crippen molar-refractivity contribution in [3.63, 3.8) is 0 Å². The van der Waals surface area contributed by atoms with Crippen LogP contribution in [-0.4, -0.2) is 22.0 Å². The van der Waals surface area contributed by atoms with Crippen molar-refractivity contribution in [2.75, 3.05) is 18.1 Å². The highest BCUT2D eigenvalue weighted by Gasteiger charge is 2.14. The lowest BCUT2D eigenvalue weighted by Crippen LogP contribution is -2.03. The highest BCUT2D eigenvalue weighted by molar-refractivity contribution is 5.89. The molecule has 0 atom stereocenters. The zero-order chi connectivity index (χ0) is 15.0. The third-order valence-corrected chi connectivity index (χ3v) is 3.03. The number of rotatable bonds is 2. The van der Waals surface area contributed by atoms with Gasteiger partial charge >= 0.3 is 0 Å². The smallest absolute Gasteiger partial charge is 0.224 e. The molecule has 0 bridgehead atoms. The maximum atomic E-state index is 13.8. The lowest BCUT2D eigenvalue weighted by molar-refractivity contribution is 0.589. The van der Waals surface area contributed by atoms with E-state index in [0.29, 0.717) is 11.2 Å². The Labute approximate surface area is 118 Å². The number of nitrogens with two attached hydrogens (primary N) is 1. The minimum absolute atomic E-state index is 0.0329. The van der Waals surface area contributed by atoms with Crippen molar-refractivity contribution in [3.8, 4) is 11.3 Å². The SMILES string of the molecule is CNc1nc(N)nc2nc(-c3c(F)cccc3F)ccc12. The van der Waals surface area contributed by atoms with Crippen molar-refractivity contribution in [1.82, 2.24) is 15.0 Å². The highest BCUT2D eigenvalue weighted by atomic mass is 19.1. The molecule has 106 valence electrons. The average molecular weight is 287 g/mol. The van der Waals surface area contributed by atoms with Crippen LogP contribution in [-0.2, 0) is 0 Å². The van der Waals surface area contributed by atoms with Gasteiger partial charge in [-0.05, 0) is 24.3 Å². The van der Waals surface area contributed by atoms with E-state index >= 15 is 0 Å². The molecule has 5 nitrogen and oxygen atoms in total. The lowest BCUT2D eigenvalue weighted by Gasteiger charge is -2.08. The van der Waals surface area contributed by atoms with Crippen LogP contribution in [0.3, 0.4) is 0 Å². The van der Waals surface area contributed by atoms with Crippen LogP contribution >= 0.6 is 0 Å². The first-order chi connectivity index (χ1) is 10.1. The summed E-state index contributed by atoms with van der Waals surface area (Å²) in [6.07, 6.45) is 0. The number of halogens is 2. The Morgan fingerprint density at radius 1 is 1.00 bits per heavy atom. The Hall–Kier alpha value is -2.83. The van der Waals surface area contributed by atoms with Gasteiger partial charge in [-0.2, -0.15) is 9.97 Å². The quantitative estimate of drug-likeness (QED) is 0.757. The van der Waals surface area contributed by atoms with E-state index in [-0.39, 0.29) is 22.9 Å². The van der Waals surface area contributed by atoms with Gasteiger partial charge in [0.15, 0.2) is 5.65 Å². The van der Waals surface area contributed by atoms with Gasteiger partial charge in [-0.25, -0.2) is 13.8 Å². The first-order valence-corrected chi connectivity index (χ1v) is 6.16. The van der Waals surface area contributed by atoms with E-state index in [4.69, 9.17) is 5.73 Å². The van der Waals surface area contributed by atoms with E-state index in [1.54, 1.807) is 13.1 Å². The van der Waals surface area contributed by atoms with E-state index in [1.807, 2.05) is 0 Å². The molecule has 0 radical (unpaired) electrons. The molecule has 3 aromatic rings. The number of nitrogens with one attached hydrogen (secondary N) is 1. The molecule has 0 amide bonds. The third-order valence-electron chi connectivity index (χ3n) is 3.03. The molecule has 0 saturated heterocycles. The fraction of sp³-hybridized carbons (Fsp3) is 0.0714. The molecule has 3 N–H and O–H groups in total. The van der Waals surface area contributed by atoms with Gasteiger partial charge in [0.05, 0.1) is 16.6 Å². The molecular weight excluding hydrogens is 276 g/mol. The Morgan fingerprint density at radius 3 is 2.38 bits per heavy atom. The molecule has 0 aliphatic heterocycles. The number of aromatic nitrogens is 3. The second-order valence-corrected chi connectivity index (χ2v) is 4.34. The summed E-state index contributed by atoms with van der Waals surface area (Å²) in [5.74, 6) is -0.827. The van der Waals surface area contributed by atoms with Gasteiger partial charge in [0.1, 0.15) is 17.5 Å². The van der Waals surface area contributed by atoms with Crippen molar-refractivity contribution >= 4 is 22.8 Å². The first-order valence-electron chi connectivity index (χ1n) is 6.16. The lowest BCUT2D eigenvalue weighted by atomic mass is 10.1. The maximum Gasteiger partial charge on any atom is 0.224 e. The summed E-state index contributed by atoms with van der Waals surface area (Å²) >= 11 is 0. The molecule has 0 spiro atoms. The van der Waals surface area contributed by atoms with E-state index in [0.717, 1.165) is 0 Å². The van der Waals surface area contributed by atoms with Gasteiger partial charge in [0.25, 0.3) is 0 Å². The Kier molecular flexibility index (Phi) is 3.09. The summed E-state index contributed by atoms with van der Waals surface area (Å²) in [6.45, 7) is 0. The van der Waals surface area contributed by atoms with Crippen molar-refractivity contribution in [1.29, 1.82) is 0 Å². The number of fused-ring (bicyclic) bond motifs is 1. The van der Waals surface area contributed by atoms with Crippen LogP contribution in [0, 0.1) is 11.6 Å². The summed E-state index contributed by atoms with van der Waals surface area (Å²) in [6, 6.07) is 6.82. The van der Waals surface area contributed by atoms with E-state index in [2.05, 4.69) is 20.3 Å². The number of hydrogen-bond donors (Lipinski definition) is 2. The molecule has 1 aromatic carbocycles. The van der Waals surface area contributed by atoms with Crippen LogP contribution in [0.25, 0.3) is 22.3 Å². The highest BCUT2D eigenvalue weighted by Crippen LogP contribution is 2.27. The van der Waals surface area contributed by atoms with Crippen molar-refractivity contribution in [3.05, 3.63) is 42.0 Å². The van der Waals surface area contributed by atoms with Crippen LogP contribution in [0.1, 0.15) is 0 Å². The first kappa shape index (κ1) is 13.2. The van der Waals surface area contributed by atoms with E-state index in [9.17, 15) is 8.78 Å². The monoisotopic (exact) mass is 287 g/mol. The van der Waals surface area contributed by atoms with Gasteiger partial charge in [-0.15, -0.1) is 0 Å². The molecule has 0 fully saturated rings. The van der Waals surface area contributed by atoms with Gasteiger partial charge in [0.2, 0.25) is 5.95 Å². The number of nitrogens with zero attached hydrogens (tertiary/aromatic N) is 3. The Bertz CT molecular complexity index is 815. The number of anilines is 2. The maximum absolute atomic E-state index is 13.8. The van der Waals surface area contributed by atoms with E-state index < -0.39 is 11.6 Å². The summed E-state index contributed by atoms with van der Waals surface area (Å²) in [7, 11) is 1.69. The molecule has 3 rings (SSSR count). The number of pyridine rings is 1. The Morgan fingerprint density at radius 2 is 1.71 bits per heavy atom. The fourth-order valence-electron chi connectivity index (χ4n) is 2.10. The van der Waals surface area contributed by atoms with Crippen LogP contribution in [0.5, 0.6) is 0 Å². The van der Waals surface area contributed by atoms with Crippen LogP contribution in [0.2, 0.25) is 0 Å². The molecule has 0 aliphatic rings. The van der Waals surface area contributed by atoms with Crippen LogP contribution < -0.4 is 11.1 Å². The predicted molar refractivity (Wildman–Crippen MR) is 76.6 cm³/mol. The summed E-state index contributed by atoms with van der Waals surface area (Å²) in [5, 5.41) is 3.49.